The van der Waals surface area contributed by atoms with Crippen molar-refractivity contribution < 1.29 is 18.0 Å². The normalized spacial score (nSPS) is 17.3. The molecular weight excluding hydrogens is 245 g/mol. The number of benzene rings is 1. The molecule has 1 saturated carbocycles. The van der Waals surface area contributed by atoms with E-state index in [1.807, 2.05) is 5.32 Å². The lowest BCUT2D eigenvalue weighted by atomic mass is 10.1. The minimum atomic E-state index is -4.41. The van der Waals surface area contributed by atoms with Crippen LogP contribution in [0.2, 0.25) is 0 Å². The number of hydrogen-bond donors (Lipinski definition) is 2. The van der Waals surface area contributed by atoms with E-state index in [1.165, 1.54) is 6.07 Å². The molecule has 2 rings (SSSR count). The fraction of sp³-hybridized carbons (Fsp3) is 0.417. The van der Waals surface area contributed by atoms with Crippen molar-refractivity contribution in [1.29, 1.82) is 0 Å². The highest BCUT2D eigenvalue weighted by atomic mass is 19.4. The first-order valence-electron chi connectivity index (χ1n) is 5.50. The summed E-state index contributed by atoms with van der Waals surface area (Å²) in [6, 6.07) is 4.63. The Labute approximate surface area is 102 Å². The molecule has 1 aliphatic carbocycles. The molecule has 1 fully saturated rings. The second-order valence-corrected chi connectivity index (χ2v) is 4.62. The number of nitrogens with one attached hydrogen (secondary N) is 1. The third kappa shape index (κ3) is 2.14. The lowest BCUT2D eigenvalue weighted by Crippen LogP contribution is -2.48. The Balaban J connectivity index is 2.19. The van der Waals surface area contributed by atoms with Crippen molar-refractivity contribution >= 4 is 11.6 Å². The van der Waals surface area contributed by atoms with Gasteiger partial charge in [0.05, 0.1) is 5.56 Å². The molecule has 1 aromatic carbocycles. The second kappa shape index (κ2) is 3.90. The standard InChI is InChI=1S/C12H13F3N2O/c1-7-2-3-8(9(16)6-7)10(18)17-11(4-5-11)12(13,14)15/h2-3,6H,4-5,16H2,1H3,(H,17,18). The van der Waals surface area contributed by atoms with Gasteiger partial charge in [-0.15, -0.1) is 0 Å². The van der Waals surface area contributed by atoms with Crippen molar-refractivity contribution in [2.75, 3.05) is 5.73 Å². The van der Waals surface area contributed by atoms with Gasteiger partial charge in [-0.25, -0.2) is 0 Å². The largest absolute Gasteiger partial charge is 0.411 e. The third-order valence-electron chi connectivity index (χ3n) is 3.10. The van der Waals surface area contributed by atoms with Crippen molar-refractivity contribution in [3.8, 4) is 0 Å². The van der Waals surface area contributed by atoms with E-state index in [1.54, 1.807) is 19.1 Å². The van der Waals surface area contributed by atoms with Gasteiger partial charge in [0, 0.05) is 5.69 Å². The number of hydrogen-bond acceptors (Lipinski definition) is 2. The molecule has 98 valence electrons. The molecule has 1 aliphatic rings. The molecule has 6 heteroatoms. The quantitative estimate of drug-likeness (QED) is 0.800. The van der Waals surface area contributed by atoms with Gasteiger partial charge in [0.15, 0.2) is 0 Å². The number of halogens is 3. The minimum Gasteiger partial charge on any atom is -0.398 e. The molecule has 0 aromatic heterocycles. The average Bonchev–Trinajstić information content (AvgIpc) is 2.97. The molecule has 0 atom stereocenters. The van der Waals surface area contributed by atoms with Gasteiger partial charge in [-0.3, -0.25) is 4.79 Å². The summed E-state index contributed by atoms with van der Waals surface area (Å²) in [5.41, 5.74) is 4.69. The molecule has 0 aliphatic heterocycles. The molecule has 0 heterocycles. The van der Waals surface area contributed by atoms with Gasteiger partial charge in [0.25, 0.3) is 5.91 Å². The third-order valence-corrected chi connectivity index (χ3v) is 3.10. The van der Waals surface area contributed by atoms with E-state index in [-0.39, 0.29) is 24.1 Å². The van der Waals surface area contributed by atoms with Crippen molar-refractivity contribution in [1.82, 2.24) is 5.32 Å². The summed E-state index contributed by atoms with van der Waals surface area (Å²) in [7, 11) is 0. The Kier molecular flexibility index (Phi) is 2.76. The zero-order valence-corrected chi connectivity index (χ0v) is 9.77. The van der Waals surface area contributed by atoms with Crippen molar-refractivity contribution in [3.05, 3.63) is 29.3 Å². The summed E-state index contributed by atoms with van der Waals surface area (Å²) in [6.07, 6.45) is -4.57. The van der Waals surface area contributed by atoms with E-state index in [0.717, 1.165) is 5.56 Å². The van der Waals surface area contributed by atoms with Crippen LogP contribution in [0.1, 0.15) is 28.8 Å². The molecule has 0 saturated heterocycles. The number of carbonyl (C=O) groups excluding carboxylic acids is 1. The van der Waals surface area contributed by atoms with Crippen molar-refractivity contribution in [2.45, 2.75) is 31.5 Å². The summed E-state index contributed by atoms with van der Waals surface area (Å²) in [6.45, 7) is 1.79. The lowest BCUT2D eigenvalue weighted by molar-refractivity contribution is -0.163. The molecule has 1 amide bonds. The predicted molar refractivity (Wildman–Crippen MR) is 61.1 cm³/mol. The molecule has 18 heavy (non-hydrogen) atoms. The smallest absolute Gasteiger partial charge is 0.398 e. The van der Waals surface area contributed by atoms with E-state index >= 15 is 0 Å². The number of alkyl halides is 3. The summed E-state index contributed by atoms with van der Waals surface area (Å²) >= 11 is 0. The number of aryl methyl sites for hydroxylation is 1. The monoisotopic (exact) mass is 258 g/mol. The highest BCUT2D eigenvalue weighted by molar-refractivity contribution is 5.99. The van der Waals surface area contributed by atoms with Crippen LogP contribution in [-0.2, 0) is 0 Å². The zero-order chi connectivity index (χ0) is 13.6. The van der Waals surface area contributed by atoms with Gasteiger partial charge in [-0.2, -0.15) is 13.2 Å². The summed E-state index contributed by atoms with van der Waals surface area (Å²) in [4.78, 5) is 11.8. The topological polar surface area (TPSA) is 55.1 Å². The summed E-state index contributed by atoms with van der Waals surface area (Å²) < 4.78 is 38.1. The van der Waals surface area contributed by atoms with Crippen LogP contribution >= 0.6 is 0 Å². The van der Waals surface area contributed by atoms with E-state index < -0.39 is 17.6 Å². The van der Waals surface area contributed by atoms with Gasteiger partial charge in [0.1, 0.15) is 5.54 Å². The number of carbonyl (C=O) groups is 1. The molecule has 0 spiro atoms. The maximum Gasteiger partial charge on any atom is 0.411 e. The van der Waals surface area contributed by atoms with Gasteiger partial charge in [0.2, 0.25) is 0 Å². The molecule has 3 N–H and O–H groups in total. The fourth-order valence-electron chi connectivity index (χ4n) is 1.78. The van der Waals surface area contributed by atoms with E-state index in [9.17, 15) is 18.0 Å². The van der Waals surface area contributed by atoms with Gasteiger partial charge in [-0.05, 0) is 37.5 Å². The van der Waals surface area contributed by atoms with Gasteiger partial charge in [-0.1, -0.05) is 6.07 Å². The summed E-state index contributed by atoms with van der Waals surface area (Å²) in [5, 5.41) is 2.04. The number of anilines is 1. The zero-order valence-electron chi connectivity index (χ0n) is 9.77. The maximum atomic E-state index is 12.7. The Morgan fingerprint density at radius 3 is 2.44 bits per heavy atom. The molecule has 3 nitrogen and oxygen atoms in total. The Morgan fingerprint density at radius 2 is 2.00 bits per heavy atom. The SMILES string of the molecule is Cc1ccc(C(=O)NC2(C(F)(F)F)CC2)c(N)c1. The van der Waals surface area contributed by atoms with Crippen LogP contribution in [0, 0.1) is 6.92 Å². The van der Waals surface area contributed by atoms with Crippen LogP contribution in [0.15, 0.2) is 18.2 Å². The Hall–Kier alpha value is -1.72. The molecule has 0 unspecified atom stereocenters. The summed E-state index contributed by atoms with van der Waals surface area (Å²) in [5.74, 6) is -0.776. The van der Waals surface area contributed by atoms with Gasteiger partial charge >= 0.3 is 6.18 Å². The minimum absolute atomic E-state index is 0.0754. The molecule has 0 bridgehead atoms. The van der Waals surface area contributed by atoms with Crippen LogP contribution in [0.4, 0.5) is 18.9 Å². The first-order valence-corrected chi connectivity index (χ1v) is 5.50. The highest BCUT2D eigenvalue weighted by Crippen LogP contribution is 2.49. The van der Waals surface area contributed by atoms with E-state index in [0.29, 0.717) is 0 Å². The first-order chi connectivity index (χ1) is 8.25. The fourth-order valence-corrected chi connectivity index (χ4v) is 1.78. The van der Waals surface area contributed by atoms with Gasteiger partial charge < -0.3 is 11.1 Å². The second-order valence-electron chi connectivity index (χ2n) is 4.62. The van der Waals surface area contributed by atoms with E-state index in [4.69, 9.17) is 5.73 Å². The molecule has 1 aromatic rings. The van der Waals surface area contributed by atoms with Crippen LogP contribution < -0.4 is 11.1 Å². The maximum absolute atomic E-state index is 12.7. The van der Waals surface area contributed by atoms with Crippen molar-refractivity contribution in [3.63, 3.8) is 0 Å². The molecular formula is C12H13F3N2O. The van der Waals surface area contributed by atoms with Crippen LogP contribution in [0.5, 0.6) is 0 Å². The number of amides is 1. The van der Waals surface area contributed by atoms with Crippen LogP contribution in [0.25, 0.3) is 0 Å². The Morgan fingerprint density at radius 1 is 1.39 bits per heavy atom. The average molecular weight is 258 g/mol. The highest BCUT2D eigenvalue weighted by Gasteiger charge is 2.64. The van der Waals surface area contributed by atoms with Crippen LogP contribution in [0.3, 0.4) is 0 Å². The number of rotatable bonds is 2. The lowest BCUT2D eigenvalue weighted by Gasteiger charge is -2.21. The first kappa shape index (κ1) is 12.7. The van der Waals surface area contributed by atoms with Crippen LogP contribution in [-0.4, -0.2) is 17.6 Å². The van der Waals surface area contributed by atoms with E-state index in [2.05, 4.69) is 0 Å². The number of nitrogens with two attached hydrogens (primary N) is 1. The molecule has 0 radical (unpaired) electrons. The Bertz CT molecular complexity index is 493. The predicted octanol–water partition coefficient (Wildman–Crippen LogP) is 2.40. The van der Waals surface area contributed by atoms with Crippen molar-refractivity contribution in [2.24, 2.45) is 0 Å². The number of nitrogen functional groups attached to an aromatic ring is 1.